The molecule has 3 N–H and O–H groups in total. The fourth-order valence-electron chi connectivity index (χ4n) is 0.622. The van der Waals surface area contributed by atoms with Gasteiger partial charge in [-0.1, -0.05) is 12.0 Å². The summed E-state index contributed by atoms with van der Waals surface area (Å²) in [7, 11) is 0. The Morgan fingerprint density at radius 2 is 2.38 bits per heavy atom. The summed E-state index contributed by atoms with van der Waals surface area (Å²) in [5.74, 6) is 0.0103. The molecule has 1 heterocycles. The Hall–Kier alpha value is -1.21. The Balaban J connectivity index is 0.00000144. The molecule has 0 radical (unpaired) electrons. The molecule has 1 amide bonds. The molecule has 0 saturated heterocycles. The molecule has 0 fully saturated rings. The van der Waals surface area contributed by atoms with Crippen molar-refractivity contribution in [2.75, 3.05) is 18.4 Å². The van der Waals surface area contributed by atoms with Gasteiger partial charge in [0, 0.05) is 0 Å². The van der Waals surface area contributed by atoms with E-state index in [2.05, 4.69) is 31.3 Å². The second-order valence-electron chi connectivity index (χ2n) is 2.06. The number of nitrogens with one attached hydrogen (secondary N) is 3. The second-order valence-corrected chi connectivity index (χ2v) is 2.06. The van der Waals surface area contributed by atoms with Gasteiger partial charge in [0.25, 0.3) is 5.95 Å². The molecule has 0 atom stereocenters. The normalized spacial score (nSPS) is 9.00. The van der Waals surface area contributed by atoms with Gasteiger partial charge in [-0.2, -0.15) is 5.21 Å². The molecule has 0 spiro atoms. The van der Waals surface area contributed by atoms with E-state index in [0.717, 1.165) is 6.54 Å². The third-order valence-electron chi connectivity index (χ3n) is 1.13. The molecule has 0 bridgehead atoms. The number of carbonyl (C=O) groups excluding carboxylic acids is 1. The Morgan fingerprint density at radius 1 is 1.62 bits per heavy atom. The van der Waals surface area contributed by atoms with Crippen molar-refractivity contribution in [1.82, 2.24) is 25.9 Å². The van der Waals surface area contributed by atoms with Crippen molar-refractivity contribution in [2.45, 2.75) is 6.92 Å². The van der Waals surface area contributed by atoms with E-state index in [1.165, 1.54) is 0 Å². The van der Waals surface area contributed by atoms with Crippen molar-refractivity contribution in [1.29, 1.82) is 0 Å². The number of H-pyrrole nitrogens is 1. The van der Waals surface area contributed by atoms with Crippen LogP contribution in [0.4, 0.5) is 5.95 Å². The van der Waals surface area contributed by atoms with Crippen LogP contribution < -0.4 is 10.6 Å². The molecular weight excluding hydrogens is 196 g/mol. The van der Waals surface area contributed by atoms with Crippen molar-refractivity contribution in [3.63, 3.8) is 0 Å². The van der Waals surface area contributed by atoms with E-state index >= 15 is 0 Å². The zero-order valence-electron chi connectivity index (χ0n) is 7.07. The average molecular weight is 207 g/mol. The molecule has 0 aromatic carbocycles. The molecular formula is C5H11ClN6O. The lowest BCUT2D eigenvalue weighted by Gasteiger charge is -1.99. The predicted octanol–water partition coefficient (Wildman–Crippen LogP) is -0.831. The van der Waals surface area contributed by atoms with Gasteiger partial charge in [0.1, 0.15) is 0 Å². The first kappa shape index (κ1) is 11.8. The molecule has 13 heavy (non-hydrogen) atoms. The van der Waals surface area contributed by atoms with Crippen LogP contribution in [0.2, 0.25) is 0 Å². The number of likely N-dealkylation sites (N-methyl/N-ethyl adjacent to an activating group) is 1. The van der Waals surface area contributed by atoms with Crippen LogP contribution in [-0.4, -0.2) is 39.6 Å². The Bertz CT molecular complexity index is 237. The molecule has 1 rings (SSSR count). The van der Waals surface area contributed by atoms with Crippen LogP contribution in [0.5, 0.6) is 0 Å². The van der Waals surface area contributed by atoms with E-state index in [1.54, 1.807) is 0 Å². The third kappa shape index (κ3) is 4.38. The van der Waals surface area contributed by atoms with Gasteiger partial charge in [-0.25, -0.2) is 0 Å². The first-order valence-corrected chi connectivity index (χ1v) is 3.57. The van der Waals surface area contributed by atoms with Crippen molar-refractivity contribution >= 4 is 24.3 Å². The van der Waals surface area contributed by atoms with Gasteiger partial charge in [0.15, 0.2) is 0 Å². The number of rotatable bonds is 4. The predicted molar refractivity (Wildman–Crippen MR) is 48.6 cm³/mol. The Morgan fingerprint density at radius 3 is 2.92 bits per heavy atom. The molecule has 0 aliphatic heterocycles. The van der Waals surface area contributed by atoms with E-state index in [1.807, 2.05) is 6.92 Å². The first-order valence-electron chi connectivity index (χ1n) is 3.57. The SMILES string of the molecule is CCNCC(=O)Nc1nn[nH]n1.Cl. The number of aromatic amines is 1. The number of tetrazole rings is 1. The van der Waals surface area contributed by atoms with Crippen LogP contribution in [0.1, 0.15) is 6.92 Å². The Kier molecular flexibility index (Phi) is 5.73. The number of amides is 1. The highest BCUT2D eigenvalue weighted by Gasteiger charge is 2.02. The van der Waals surface area contributed by atoms with Crippen LogP contribution >= 0.6 is 12.4 Å². The van der Waals surface area contributed by atoms with E-state index < -0.39 is 0 Å². The van der Waals surface area contributed by atoms with Crippen LogP contribution in [0.3, 0.4) is 0 Å². The summed E-state index contributed by atoms with van der Waals surface area (Å²) in [5, 5.41) is 17.9. The standard InChI is InChI=1S/C5H10N6O.ClH/c1-2-6-3-4(12)7-5-8-10-11-9-5;/h6H,2-3H2,1H3,(H2,7,8,9,10,11,12);1H. The molecule has 1 aromatic heterocycles. The number of aromatic nitrogens is 4. The maximum atomic E-state index is 11.0. The van der Waals surface area contributed by atoms with Gasteiger partial charge in [-0.05, 0) is 11.8 Å². The fourth-order valence-corrected chi connectivity index (χ4v) is 0.622. The number of halogens is 1. The minimum absolute atomic E-state index is 0. The number of hydrogen-bond acceptors (Lipinski definition) is 5. The Labute approximate surface area is 81.1 Å². The summed E-state index contributed by atoms with van der Waals surface area (Å²) in [6, 6.07) is 0. The number of anilines is 1. The highest BCUT2D eigenvalue weighted by molar-refractivity contribution is 5.90. The second kappa shape index (κ2) is 6.32. The van der Waals surface area contributed by atoms with Gasteiger partial charge >= 0.3 is 0 Å². The number of nitrogens with zero attached hydrogens (tertiary/aromatic N) is 3. The minimum atomic E-state index is -0.182. The van der Waals surface area contributed by atoms with Gasteiger partial charge < -0.3 is 5.32 Å². The zero-order valence-corrected chi connectivity index (χ0v) is 7.89. The van der Waals surface area contributed by atoms with E-state index in [9.17, 15) is 4.79 Å². The molecule has 7 nitrogen and oxygen atoms in total. The zero-order chi connectivity index (χ0) is 8.81. The van der Waals surface area contributed by atoms with Gasteiger partial charge in [-0.15, -0.1) is 17.5 Å². The lowest BCUT2D eigenvalue weighted by atomic mass is 10.5. The van der Waals surface area contributed by atoms with Crippen LogP contribution in [-0.2, 0) is 4.79 Å². The highest BCUT2D eigenvalue weighted by atomic mass is 35.5. The quantitative estimate of drug-likeness (QED) is 0.598. The molecule has 0 unspecified atom stereocenters. The molecule has 1 aromatic rings. The van der Waals surface area contributed by atoms with E-state index in [-0.39, 0.29) is 30.8 Å². The molecule has 0 aliphatic rings. The van der Waals surface area contributed by atoms with Crippen molar-refractivity contribution in [3.8, 4) is 0 Å². The summed E-state index contributed by atoms with van der Waals surface area (Å²) in [6.07, 6.45) is 0. The third-order valence-corrected chi connectivity index (χ3v) is 1.13. The lowest BCUT2D eigenvalue weighted by Crippen LogP contribution is -2.28. The summed E-state index contributed by atoms with van der Waals surface area (Å²) >= 11 is 0. The van der Waals surface area contributed by atoms with E-state index in [4.69, 9.17) is 0 Å². The monoisotopic (exact) mass is 206 g/mol. The minimum Gasteiger partial charge on any atom is -0.309 e. The summed E-state index contributed by atoms with van der Waals surface area (Å²) in [5.41, 5.74) is 0. The van der Waals surface area contributed by atoms with Gasteiger partial charge in [0.05, 0.1) is 6.54 Å². The highest BCUT2D eigenvalue weighted by Crippen LogP contribution is 1.88. The molecule has 0 saturated carbocycles. The van der Waals surface area contributed by atoms with Crippen LogP contribution in [0.15, 0.2) is 0 Å². The maximum absolute atomic E-state index is 11.0. The van der Waals surface area contributed by atoms with Crippen molar-refractivity contribution in [3.05, 3.63) is 0 Å². The fraction of sp³-hybridized carbons (Fsp3) is 0.600. The largest absolute Gasteiger partial charge is 0.309 e. The van der Waals surface area contributed by atoms with Gasteiger partial charge in [0.2, 0.25) is 5.91 Å². The average Bonchev–Trinajstić information content (AvgIpc) is 2.53. The summed E-state index contributed by atoms with van der Waals surface area (Å²) in [6.45, 7) is 2.92. The van der Waals surface area contributed by atoms with Gasteiger partial charge in [-0.3, -0.25) is 10.1 Å². The summed E-state index contributed by atoms with van der Waals surface area (Å²) in [4.78, 5) is 11.0. The number of hydrogen-bond donors (Lipinski definition) is 3. The smallest absolute Gasteiger partial charge is 0.269 e. The van der Waals surface area contributed by atoms with Crippen molar-refractivity contribution in [2.24, 2.45) is 0 Å². The van der Waals surface area contributed by atoms with Crippen LogP contribution in [0, 0.1) is 0 Å². The molecule has 8 heteroatoms. The first-order chi connectivity index (χ1) is 5.83. The maximum Gasteiger partial charge on any atom is 0.269 e. The number of carbonyl (C=O) groups is 1. The summed E-state index contributed by atoms with van der Waals surface area (Å²) < 4.78 is 0. The lowest BCUT2D eigenvalue weighted by molar-refractivity contribution is -0.115. The van der Waals surface area contributed by atoms with E-state index in [0.29, 0.717) is 0 Å². The molecule has 0 aliphatic carbocycles. The van der Waals surface area contributed by atoms with Crippen molar-refractivity contribution < 1.29 is 4.79 Å². The topological polar surface area (TPSA) is 95.6 Å². The molecule has 74 valence electrons. The van der Waals surface area contributed by atoms with Crippen LogP contribution in [0.25, 0.3) is 0 Å².